The van der Waals surface area contributed by atoms with Gasteiger partial charge in [-0.25, -0.2) is 8.78 Å². The van der Waals surface area contributed by atoms with Gasteiger partial charge in [-0.2, -0.15) is 0 Å². The zero-order valence-electron chi connectivity index (χ0n) is 8.30. The minimum Gasteiger partial charge on any atom is -0.492 e. The molecular weight excluding hydrogens is 200 g/mol. The van der Waals surface area contributed by atoms with Gasteiger partial charge in [0.15, 0.2) is 11.6 Å². The normalized spacial score (nSPS) is 20.5. The SMILES string of the molecule is Fc1ccc(OC[C@H]2CCCN2)cc1F. The molecule has 0 unspecified atom stereocenters. The number of nitrogens with one attached hydrogen (secondary N) is 1. The summed E-state index contributed by atoms with van der Waals surface area (Å²) in [5, 5.41) is 3.26. The van der Waals surface area contributed by atoms with Crippen molar-refractivity contribution in [2.75, 3.05) is 13.2 Å². The van der Waals surface area contributed by atoms with Gasteiger partial charge < -0.3 is 10.1 Å². The molecule has 0 saturated carbocycles. The smallest absolute Gasteiger partial charge is 0.162 e. The summed E-state index contributed by atoms with van der Waals surface area (Å²) in [6.45, 7) is 1.51. The third-order valence-electron chi connectivity index (χ3n) is 2.50. The van der Waals surface area contributed by atoms with Gasteiger partial charge in [0.25, 0.3) is 0 Å². The number of hydrogen-bond acceptors (Lipinski definition) is 2. The lowest BCUT2D eigenvalue weighted by atomic mass is 10.2. The van der Waals surface area contributed by atoms with Crippen LogP contribution in [0, 0.1) is 11.6 Å². The molecule has 0 aromatic heterocycles. The first-order valence-corrected chi connectivity index (χ1v) is 5.07. The molecule has 1 saturated heterocycles. The molecule has 0 bridgehead atoms. The molecule has 0 radical (unpaired) electrons. The predicted octanol–water partition coefficient (Wildman–Crippen LogP) is 2.10. The molecule has 1 aliphatic heterocycles. The molecule has 82 valence electrons. The van der Waals surface area contributed by atoms with Gasteiger partial charge in [0.1, 0.15) is 12.4 Å². The number of benzene rings is 1. The van der Waals surface area contributed by atoms with Crippen LogP contribution in [0.25, 0.3) is 0 Å². The standard InChI is InChI=1S/C11H13F2NO/c12-10-4-3-9(6-11(10)13)15-7-8-2-1-5-14-8/h3-4,6,8,14H,1-2,5,7H2/t8-/m1/s1. The van der Waals surface area contributed by atoms with Crippen molar-refractivity contribution in [1.29, 1.82) is 0 Å². The average molecular weight is 213 g/mol. The van der Waals surface area contributed by atoms with E-state index in [1.165, 1.54) is 6.07 Å². The van der Waals surface area contributed by atoms with E-state index in [-0.39, 0.29) is 0 Å². The van der Waals surface area contributed by atoms with Gasteiger partial charge in [0, 0.05) is 12.1 Å². The summed E-state index contributed by atoms with van der Waals surface area (Å²) in [5.74, 6) is -1.34. The third kappa shape index (κ3) is 2.65. The molecule has 1 atom stereocenters. The zero-order valence-corrected chi connectivity index (χ0v) is 8.30. The molecule has 15 heavy (non-hydrogen) atoms. The molecule has 0 amide bonds. The lowest BCUT2D eigenvalue weighted by Crippen LogP contribution is -2.28. The number of rotatable bonds is 3. The van der Waals surface area contributed by atoms with E-state index < -0.39 is 11.6 Å². The minimum atomic E-state index is -0.869. The fourth-order valence-electron chi connectivity index (χ4n) is 1.66. The molecule has 1 fully saturated rings. The molecule has 1 aromatic rings. The van der Waals surface area contributed by atoms with Crippen molar-refractivity contribution >= 4 is 0 Å². The van der Waals surface area contributed by atoms with Crippen molar-refractivity contribution in [1.82, 2.24) is 5.32 Å². The van der Waals surface area contributed by atoms with Crippen LogP contribution in [0.3, 0.4) is 0 Å². The maximum atomic E-state index is 12.8. The second-order valence-corrected chi connectivity index (χ2v) is 3.68. The first-order chi connectivity index (χ1) is 7.25. The molecule has 0 spiro atoms. The van der Waals surface area contributed by atoms with Crippen molar-refractivity contribution in [3.8, 4) is 5.75 Å². The van der Waals surface area contributed by atoms with Crippen LogP contribution in [0.4, 0.5) is 8.78 Å². The topological polar surface area (TPSA) is 21.3 Å². The van der Waals surface area contributed by atoms with Crippen LogP contribution >= 0.6 is 0 Å². The Morgan fingerprint density at radius 1 is 1.33 bits per heavy atom. The molecule has 4 heteroatoms. The van der Waals surface area contributed by atoms with E-state index >= 15 is 0 Å². The second-order valence-electron chi connectivity index (χ2n) is 3.68. The molecule has 1 aliphatic rings. The maximum absolute atomic E-state index is 12.8. The van der Waals surface area contributed by atoms with Crippen molar-refractivity contribution in [2.45, 2.75) is 18.9 Å². The monoisotopic (exact) mass is 213 g/mol. The summed E-state index contributed by atoms with van der Waals surface area (Å²) < 4.78 is 30.8. The number of hydrogen-bond donors (Lipinski definition) is 1. The summed E-state index contributed by atoms with van der Waals surface area (Å²) in [7, 11) is 0. The van der Waals surface area contributed by atoms with Crippen LogP contribution < -0.4 is 10.1 Å². The Hall–Kier alpha value is -1.16. The summed E-state index contributed by atoms with van der Waals surface area (Å²) >= 11 is 0. The maximum Gasteiger partial charge on any atom is 0.162 e. The quantitative estimate of drug-likeness (QED) is 0.830. The van der Waals surface area contributed by atoms with E-state index in [9.17, 15) is 8.78 Å². The van der Waals surface area contributed by atoms with Gasteiger partial charge in [0.2, 0.25) is 0 Å². The molecule has 2 nitrogen and oxygen atoms in total. The first kappa shape index (κ1) is 10.4. The second kappa shape index (κ2) is 4.57. The molecule has 1 aromatic carbocycles. The van der Waals surface area contributed by atoms with E-state index in [1.807, 2.05) is 0 Å². The fourth-order valence-corrected chi connectivity index (χ4v) is 1.66. The highest BCUT2D eigenvalue weighted by atomic mass is 19.2. The van der Waals surface area contributed by atoms with E-state index in [0.717, 1.165) is 31.5 Å². The molecule has 0 aliphatic carbocycles. The predicted molar refractivity (Wildman–Crippen MR) is 52.9 cm³/mol. The first-order valence-electron chi connectivity index (χ1n) is 5.07. The Kier molecular flexibility index (Phi) is 3.16. The minimum absolute atomic E-state index is 0.332. The van der Waals surface area contributed by atoms with Gasteiger partial charge in [-0.05, 0) is 31.5 Å². The van der Waals surface area contributed by atoms with Crippen molar-refractivity contribution in [3.63, 3.8) is 0 Å². The Bertz CT molecular complexity index is 337. The van der Waals surface area contributed by atoms with Crippen molar-refractivity contribution < 1.29 is 13.5 Å². The highest BCUT2D eigenvalue weighted by Crippen LogP contribution is 2.16. The van der Waals surface area contributed by atoms with Crippen LogP contribution in [-0.4, -0.2) is 19.2 Å². The summed E-state index contributed by atoms with van der Waals surface area (Å²) in [4.78, 5) is 0. The Balaban J connectivity index is 1.90. The number of halogens is 2. The van der Waals surface area contributed by atoms with Gasteiger partial charge in [0.05, 0.1) is 0 Å². The van der Waals surface area contributed by atoms with E-state index in [2.05, 4.69) is 5.32 Å². The van der Waals surface area contributed by atoms with Crippen LogP contribution in [0.1, 0.15) is 12.8 Å². The van der Waals surface area contributed by atoms with Crippen LogP contribution in [-0.2, 0) is 0 Å². The van der Waals surface area contributed by atoms with E-state index in [4.69, 9.17) is 4.74 Å². The molecule has 1 heterocycles. The lowest BCUT2D eigenvalue weighted by molar-refractivity contribution is 0.275. The van der Waals surface area contributed by atoms with Crippen molar-refractivity contribution in [3.05, 3.63) is 29.8 Å². The largest absolute Gasteiger partial charge is 0.492 e. The highest BCUT2D eigenvalue weighted by Gasteiger charge is 2.14. The highest BCUT2D eigenvalue weighted by molar-refractivity contribution is 5.23. The van der Waals surface area contributed by atoms with Crippen LogP contribution in [0.5, 0.6) is 5.75 Å². The molecular formula is C11H13F2NO. The number of ether oxygens (including phenoxy) is 1. The van der Waals surface area contributed by atoms with E-state index in [0.29, 0.717) is 18.4 Å². The molecule has 2 rings (SSSR count). The summed E-state index contributed by atoms with van der Waals surface area (Å²) in [5.41, 5.74) is 0. The lowest BCUT2D eigenvalue weighted by Gasteiger charge is -2.11. The van der Waals surface area contributed by atoms with Gasteiger partial charge >= 0.3 is 0 Å². The Morgan fingerprint density at radius 3 is 2.87 bits per heavy atom. The zero-order chi connectivity index (χ0) is 10.7. The third-order valence-corrected chi connectivity index (χ3v) is 2.50. The average Bonchev–Trinajstić information content (AvgIpc) is 2.73. The van der Waals surface area contributed by atoms with Gasteiger partial charge in [-0.1, -0.05) is 0 Å². The summed E-state index contributed by atoms with van der Waals surface area (Å²) in [6, 6.07) is 3.92. The fraction of sp³-hybridized carbons (Fsp3) is 0.455. The Morgan fingerprint density at radius 2 is 2.20 bits per heavy atom. The summed E-state index contributed by atoms with van der Waals surface area (Å²) in [6.07, 6.45) is 2.22. The van der Waals surface area contributed by atoms with Crippen molar-refractivity contribution in [2.24, 2.45) is 0 Å². The van der Waals surface area contributed by atoms with Gasteiger partial charge in [-0.15, -0.1) is 0 Å². The van der Waals surface area contributed by atoms with Crippen LogP contribution in [0.2, 0.25) is 0 Å². The van der Waals surface area contributed by atoms with E-state index in [1.54, 1.807) is 0 Å². The van der Waals surface area contributed by atoms with Gasteiger partial charge in [-0.3, -0.25) is 0 Å². The van der Waals surface area contributed by atoms with Crippen LogP contribution in [0.15, 0.2) is 18.2 Å². The Labute approximate surface area is 87.2 Å². The molecule has 1 N–H and O–H groups in total.